The second kappa shape index (κ2) is 4.67. The van der Waals surface area contributed by atoms with Crippen LogP contribution in [0.4, 0.5) is 0 Å². The average Bonchev–Trinajstić information content (AvgIpc) is 2.46. The van der Waals surface area contributed by atoms with Gasteiger partial charge >= 0.3 is 0 Å². The van der Waals surface area contributed by atoms with Crippen LogP contribution in [0, 0.1) is 6.92 Å². The lowest BCUT2D eigenvalue weighted by molar-refractivity contribution is 0.472. The van der Waals surface area contributed by atoms with E-state index in [0.717, 1.165) is 6.54 Å². The third kappa shape index (κ3) is 2.51. The second-order valence-electron chi connectivity index (χ2n) is 4.40. The predicted octanol–water partition coefficient (Wildman–Crippen LogP) is 2.91. The van der Waals surface area contributed by atoms with E-state index in [1.807, 2.05) is 12.1 Å². The summed E-state index contributed by atoms with van der Waals surface area (Å²) in [6.07, 6.45) is 5.14. The summed E-state index contributed by atoms with van der Waals surface area (Å²) in [4.78, 5) is 0. The van der Waals surface area contributed by atoms with Crippen LogP contribution in [-0.2, 0) is 0 Å². The topological polar surface area (TPSA) is 32.3 Å². The highest BCUT2D eigenvalue weighted by atomic mass is 16.3. The molecule has 1 aromatic carbocycles. The Labute approximate surface area is 91.3 Å². The minimum atomic E-state index is 0.366. The molecule has 2 rings (SSSR count). The van der Waals surface area contributed by atoms with Crippen LogP contribution in [0.1, 0.15) is 42.9 Å². The molecule has 0 bridgehead atoms. The van der Waals surface area contributed by atoms with Gasteiger partial charge in [-0.05, 0) is 49.6 Å². The molecule has 1 aliphatic heterocycles. The van der Waals surface area contributed by atoms with Crippen LogP contribution >= 0.6 is 0 Å². The Balaban J connectivity index is 2.19. The normalized spacial score (nSPS) is 22.3. The molecule has 82 valence electrons. The summed E-state index contributed by atoms with van der Waals surface area (Å²) in [6.45, 7) is 3.19. The minimum absolute atomic E-state index is 0.366. The summed E-state index contributed by atoms with van der Waals surface area (Å²) >= 11 is 0. The number of hydrogen-bond donors (Lipinski definition) is 2. The van der Waals surface area contributed by atoms with Crippen molar-refractivity contribution in [2.24, 2.45) is 0 Å². The summed E-state index contributed by atoms with van der Waals surface area (Å²) in [5.74, 6) is 0.366. The average molecular weight is 205 g/mol. The first-order chi connectivity index (χ1) is 7.27. The van der Waals surface area contributed by atoms with E-state index in [0.29, 0.717) is 11.8 Å². The van der Waals surface area contributed by atoms with Gasteiger partial charge < -0.3 is 10.4 Å². The van der Waals surface area contributed by atoms with Gasteiger partial charge in [-0.15, -0.1) is 0 Å². The first-order valence-electron chi connectivity index (χ1n) is 5.80. The maximum Gasteiger partial charge on any atom is 0.115 e. The third-order valence-corrected chi connectivity index (χ3v) is 3.19. The van der Waals surface area contributed by atoms with E-state index >= 15 is 0 Å². The lowest BCUT2D eigenvalue weighted by atomic mass is 9.97. The molecule has 1 unspecified atom stereocenters. The van der Waals surface area contributed by atoms with Crippen molar-refractivity contribution in [3.63, 3.8) is 0 Å². The number of phenols is 1. The van der Waals surface area contributed by atoms with E-state index in [1.54, 1.807) is 6.07 Å². The SMILES string of the molecule is Cc1cc(O)ccc1C1CCCCCN1. The fourth-order valence-electron chi connectivity index (χ4n) is 2.34. The van der Waals surface area contributed by atoms with Gasteiger partial charge in [-0.25, -0.2) is 0 Å². The Morgan fingerprint density at radius 3 is 2.93 bits per heavy atom. The van der Waals surface area contributed by atoms with Gasteiger partial charge in [0.15, 0.2) is 0 Å². The van der Waals surface area contributed by atoms with Crippen molar-refractivity contribution in [3.05, 3.63) is 29.3 Å². The van der Waals surface area contributed by atoms with Crippen LogP contribution in [0.3, 0.4) is 0 Å². The first-order valence-corrected chi connectivity index (χ1v) is 5.80. The molecular formula is C13H19NO. The number of benzene rings is 1. The number of hydrogen-bond acceptors (Lipinski definition) is 2. The predicted molar refractivity (Wildman–Crippen MR) is 62.1 cm³/mol. The molecule has 1 fully saturated rings. The highest BCUT2D eigenvalue weighted by Gasteiger charge is 2.15. The van der Waals surface area contributed by atoms with Gasteiger partial charge in [0.1, 0.15) is 5.75 Å². The molecule has 2 N–H and O–H groups in total. The highest BCUT2D eigenvalue weighted by molar-refractivity contribution is 5.35. The first kappa shape index (κ1) is 10.5. The molecule has 0 aromatic heterocycles. The Morgan fingerprint density at radius 1 is 1.27 bits per heavy atom. The van der Waals surface area contributed by atoms with Gasteiger partial charge in [0, 0.05) is 6.04 Å². The Kier molecular flexibility index (Phi) is 3.27. The van der Waals surface area contributed by atoms with E-state index in [2.05, 4.69) is 12.2 Å². The fourth-order valence-corrected chi connectivity index (χ4v) is 2.34. The van der Waals surface area contributed by atoms with Crippen LogP contribution in [-0.4, -0.2) is 11.7 Å². The molecule has 1 aliphatic rings. The Bertz CT molecular complexity index is 327. The van der Waals surface area contributed by atoms with Crippen molar-refractivity contribution in [3.8, 4) is 5.75 Å². The maximum atomic E-state index is 9.37. The zero-order chi connectivity index (χ0) is 10.7. The molecule has 1 atom stereocenters. The standard InChI is InChI=1S/C13H19NO/c1-10-9-11(15)6-7-12(10)13-5-3-2-4-8-14-13/h6-7,9,13-15H,2-5,8H2,1H3. The van der Waals surface area contributed by atoms with Crippen molar-refractivity contribution in [2.75, 3.05) is 6.54 Å². The van der Waals surface area contributed by atoms with E-state index in [-0.39, 0.29) is 0 Å². The summed E-state index contributed by atoms with van der Waals surface area (Å²) < 4.78 is 0. The van der Waals surface area contributed by atoms with Gasteiger partial charge in [0.2, 0.25) is 0 Å². The van der Waals surface area contributed by atoms with Gasteiger partial charge in [0.05, 0.1) is 0 Å². The number of phenolic OH excluding ortho intramolecular Hbond substituents is 1. The quantitative estimate of drug-likeness (QED) is 0.739. The highest BCUT2D eigenvalue weighted by Crippen LogP contribution is 2.27. The Hall–Kier alpha value is -1.02. The molecule has 1 aromatic rings. The van der Waals surface area contributed by atoms with Crippen LogP contribution in [0.2, 0.25) is 0 Å². The molecule has 0 saturated carbocycles. The molecule has 0 aliphatic carbocycles. The monoisotopic (exact) mass is 205 g/mol. The van der Waals surface area contributed by atoms with Crippen molar-refractivity contribution >= 4 is 0 Å². The van der Waals surface area contributed by atoms with E-state index in [1.165, 1.54) is 36.8 Å². The van der Waals surface area contributed by atoms with Gasteiger partial charge in [0.25, 0.3) is 0 Å². The van der Waals surface area contributed by atoms with Crippen LogP contribution in [0.15, 0.2) is 18.2 Å². The lowest BCUT2D eigenvalue weighted by Crippen LogP contribution is -2.20. The smallest absolute Gasteiger partial charge is 0.115 e. The fraction of sp³-hybridized carbons (Fsp3) is 0.538. The van der Waals surface area contributed by atoms with Crippen molar-refractivity contribution in [1.29, 1.82) is 0 Å². The summed E-state index contributed by atoms with van der Waals surface area (Å²) in [6, 6.07) is 6.16. The number of aryl methyl sites for hydroxylation is 1. The lowest BCUT2D eigenvalue weighted by Gasteiger charge is -2.18. The maximum absolute atomic E-state index is 9.37. The van der Waals surface area contributed by atoms with E-state index < -0.39 is 0 Å². The van der Waals surface area contributed by atoms with Gasteiger partial charge in [-0.1, -0.05) is 18.9 Å². The largest absolute Gasteiger partial charge is 0.508 e. The zero-order valence-electron chi connectivity index (χ0n) is 9.29. The van der Waals surface area contributed by atoms with Gasteiger partial charge in [-0.2, -0.15) is 0 Å². The van der Waals surface area contributed by atoms with E-state index in [4.69, 9.17) is 0 Å². The molecule has 1 heterocycles. The molecule has 15 heavy (non-hydrogen) atoms. The second-order valence-corrected chi connectivity index (χ2v) is 4.40. The molecular weight excluding hydrogens is 186 g/mol. The molecule has 0 spiro atoms. The molecule has 0 amide bonds. The zero-order valence-corrected chi connectivity index (χ0v) is 9.29. The third-order valence-electron chi connectivity index (χ3n) is 3.19. The minimum Gasteiger partial charge on any atom is -0.508 e. The summed E-state index contributed by atoms with van der Waals surface area (Å²) in [5, 5.41) is 12.9. The summed E-state index contributed by atoms with van der Waals surface area (Å²) in [7, 11) is 0. The molecule has 2 nitrogen and oxygen atoms in total. The van der Waals surface area contributed by atoms with E-state index in [9.17, 15) is 5.11 Å². The molecule has 2 heteroatoms. The molecule has 0 radical (unpaired) electrons. The number of nitrogens with one attached hydrogen (secondary N) is 1. The van der Waals surface area contributed by atoms with Crippen LogP contribution < -0.4 is 5.32 Å². The number of aromatic hydroxyl groups is 1. The van der Waals surface area contributed by atoms with Crippen molar-refractivity contribution in [2.45, 2.75) is 38.6 Å². The summed E-state index contributed by atoms with van der Waals surface area (Å²) in [5.41, 5.74) is 2.53. The number of rotatable bonds is 1. The van der Waals surface area contributed by atoms with Crippen LogP contribution in [0.25, 0.3) is 0 Å². The van der Waals surface area contributed by atoms with Gasteiger partial charge in [-0.3, -0.25) is 0 Å². The molecule has 1 saturated heterocycles. The van der Waals surface area contributed by atoms with Crippen molar-refractivity contribution < 1.29 is 5.11 Å². The Morgan fingerprint density at radius 2 is 2.13 bits per heavy atom. The van der Waals surface area contributed by atoms with Crippen molar-refractivity contribution in [1.82, 2.24) is 5.32 Å². The van der Waals surface area contributed by atoms with Crippen LogP contribution in [0.5, 0.6) is 5.75 Å².